The van der Waals surface area contributed by atoms with Gasteiger partial charge < -0.3 is 19.7 Å². The minimum absolute atomic E-state index is 0.0465. The van der Waals surface area contributed by atoms with E-state index in [4.69, 9.17) is 9.47 Å². The molecule has 2 unspecified atom stereocenters. The van der Waals surface area contributed by atoms with Gasteiger partial charge in [-0.05, 0) is 49.4 Å². The van der Waals surface area contributed by atoms with Gasteiger partial charge in [-0.3, -0.25) is 9.59 Å². The summed E-state index contributed by atoms with van der Waals surface area (Å²) >= 11 is 0. The second kappa shape index (κ2) is 12.7. The lowest BCUT2D eigenvalue weighted by molar-refractivity contribution is -0.141. The van der Waals surface area contributed by atoms with Crippen LogP contribution in [0.4, 0.5) is 0 Å². The van der Waals surface area contributed by atoms with E-state index in [1.165, 1.54) is 0 Å². The summed E-state index contributed by atoms with van der Waals surface area (Å²) in [5, 5.41) is 3.04. The molecule has 0 aliphatic heterocycles. The zero-order valence-corrected chi connectivity index (χ0v) is 19.9. The number of benzene rings is 2. The molecule has 6 nitrogen and oxygen atoms in total. The molecule has 2 rings (SSSR count). The standard InChI is InChI=1S/C26H36N2O4/c1-6-19(3)27-26(30)22(7-2)28(18-21-11-9-8-10-12-21)25(29)16-14-20-13-15-23(31-4)24(17-20)32-5/h8-13,15,17,19,22H,6-7,14,16,18H2,1-5H3,(H,27,30). The van der Waals surface area contributed by atoms with Gasteiger partial charge >= 0.3 is 0 Å². The van der Waals surface area contributed by atoms with Gasteiger partial charge in [-0.2, -0.15) is 0 Å². The molecule has 0 saturated heterocycles. The van der Waals surface area contributed by atoms with E-state index >= 15 is 0 Å². The number of methoxy groups -OCH3 is 2. The van der Waals surface area contributed by atoms with Crippen LogP contribution in [0, 0.1) is 0 Å². The Morgan fingerprint density at radius 3 is 2.22 bits per heavy atom. The van der Waals surface area contributed by atoms with Gasteiger partial charge in [-0.1, -0.05) is 50.2 Å². The van der Waals surface area contributed by atoms with Crippen LogP contribution in [-0.4, -0.2) is 43.0 Å². The summed E-state index contributed by atoms with van der Waals surface area (Å²) in [6.07, 6.45) is 2.24. The molecule has 0 fully saturated rings. The van der Waals surface area contributed by atoms with Crippen molar-refractivity contribution in [3.63, 3.8) is 0 Å². The Labute approximate surface area is 191 Å². The second-order valence-corrected chi connectivity index (χ2v) is 7.94. The first-order chi connectivity index (χ1) is 15.4. The van der Waals surface area contributed by atoms with Crippen LogP contribution in [0.2, 0.25) is 0 Å². The molecule has 0 heterocycles. The summed E-state index contributed by atoms with van der Waals surface area (Å²) in [4.78, 5) is 28.0. The predicted octanol–water partition coefficient (Wildman–Crippen LogP) is 4.36. The highest BCUT2D eigenvalue weighted by molar-refractivity contribution is 5.88. The van der Waals surface area contributed by atoms with Gasteiger partial charge in [0, 0.05) is 19.0 Å². The third-order valence-corrected chi connectivity index (χ3v) is 5.66. The maximum atomic E-state index is 13.3. The highest BCUT2D eigenvalue weighted by atomic mass is 16.5. The van der Waals surface area contributed by atoms with Crippen molar-refractivity contribution >= 4 is 11.8 Å². The molecule has 2 aromatic rings. The number of ether oxygens (including phenoxy) is 2. The fraction of sp³-hybridized carbons (Fsp3) is 0.462. The van der Waals surface area contributed by atoms with Crippen molar-refractivity contribution in [1.29, 1.82) is 0 Å². The Balaban J connectivity index is 2.20. The Hall–Kier alpha value is -3.02. The fourth-order valence-corrected chi connectivity index (χ4v) is 3.57. The molecule has 0 aliphatic rings. The maximum Gasteiger partial charge on any atom is 0.243 e. The molecule has 0 bridgehead atoms. The first kappa shape index (κ1) is 25.2. The van der Waals surface area contributed by atoms with Crippen LogP contribution in [-0.2, 0) is 22.6 Å². The van der Waals surface area contributed by atoms with E-state index in [-0.39, 0.29) is 17.9 Å². The molecule has 2 aromatic carbocycles. The maximum absolute atomic E-state index is 13.3. The lowest BCUT2D eigenvalue weighted by Gasteiger charge is -2.31. The summed E-state index contributed by atoms with van der Waals surface area (Å²) < 4.78 is 10.7. The minimum atomic E-state index is -0.512. The van der Waals surface area contributed by atoms with Crippen molar-refractivity contribution in [2.24, 2.45) is 0 Å². The van der Waals surface area contributed by atoms with Gasteiger partial charge in [-0.25, -0.2) is 0 Å². The third kappa shape index (κ3) is 7.01. The average Bonchev–Trinajstić information content (AvgIpc) is 2.82. The van der Waals surface area contributed by atoms with Gasteiger partial charge in [0.25, 0.3) is 0 Å². The number of amides is 2. The van der Waals surface area contributed by atoms with Crippen LogP contribution in [0.3, 0.4) is 0 Å². The number of nitrogens with zero attached hydrogens (tertiary/aromatic N) is 1. The van der Waals surface area contributed by atoms with Gasteiger partial charge in [0.1, 0.15) is 6.04 Å². The van der Waals surface area contributed by atoms with E-state index in [0.717, 1.165) is 17.5 Å². The SMILES string of the molecule is CCC(C)NC(=O)C(CC)N(Cc1ccccc1)C(=O)CCc1ccc(OC)c(OC)c1. The van der Waals surface area contributed by atoms with Crippen molar-refractivity contribution in [2.45, 2.75) is 65.1 Å². The number of hydrogen-bond donors (Lipinski definition) is 1. The van der Waals surface area contributed by atoms with Gasteiger partial charge in [0.2, 0.25) is 11.8 Å². The van der Waals surface area contributed by atoms with Crippen molar-refractivity contribution in [3.8, 4) is 11.5 Å². The number of carbonyl (C=O) groups excluding carboxylic acids is 2. The Morgan fingerprint density at radius 2 is 1.62 bits per heavy atom. The zero-order valence-electron chi connectivity index (χ0n) is 19.9. The van der Waals surface area contributed by atoms with E-state index in [1.807, 2.05) is 69.3 Å². The number of rotatable bonds is 12. The molecule has 0 radical (unpaired) electrons. The number of carbonyl (C=O) groups is 2. The average molecular weight is 441 g/mol. The lowest BCUT2D eigenvalue weighted by atomic mass is 10.1. The van der Waals surface area contributed by atoms with Gasteiger partial charge in [-0.15, -0.1) is 0 Å². The van der Waals surface area contributed by atoms with Crippen molar-refractivity contribution < 1.29 is 19.1 Å². The number of hydrogen-bond acceptors (Lipinski definition) is 4. The first-order valence-electron chi connectivity index (χ1n) is 11.3. The van der Waals surface area contributed by atoms with Crippen LogP contribution < -0.4 is 14.8 Å². The molecule has 174 valence electrons. The molecule has 32 heavy (non-hydrogen) atoms. The summed E-state index contributed by atoms with van der Waals surface area (Å²) in [6, 6.07) is 15.0. The van der Waals surface area contributed by atoms with Crippen LogP contribution in [0.1, 0.15) is 51.2 Å². The molecule has 0 spiro atoms. The molecule has 2 atom stereocenters. The summed E-state index contributed by atoms with van der Waals surface area (Å²) in [5.41, 5.74) is 1.98. The molecule has 6 heteroatoms. The Morgan fingerprint density at radius 1 is 0.938 bits per heavy atom. The molecule has 0 aliphatic carbocycles. The Bertz CT molecular complexity index is 869. The van der Waals surface area contributed by atoms with E-state index in [9.17, 15) is 9.59 Å². The molecular formula is C26H36N2O4. The zero-order chi connectivity index (χ0) is 23.5. The topological polar surface area (TPSA) is 67.9 Å². The molecule has 1 N–H and O–H groups in total. The van der Waals surface area contributed by atoms with Crippen LogP contribution in [0.15, 0.2) is 48.5 Å². The van der Waals surface area contributed by atoms with Gasteiger partial charge in [0.05, 0.1) is 14.2 Å². The molecular weight excluding hydrogens is 404 g/mol. The number of aryl methyl sites for hydroxylation is 1. The monoisotopic (exact) mass is 440 g/mol. The van der Waals surface area contributed by atoms with Crippen LogP contribution in [0.25, 0.3) is 0 Å². The van der Waals surface area contributed by atoms with Crippen molar-refractivity contribution in [1.82, 2.24) is 10.2 Å². The molecule has 0 aromatic heterocycles. The van der Waals surface area contributed by atoms with Crippen LogP contribution >= 0.6 is 0 Å². The lowest BCUT2D eigenvalue weighted by Crippen LogP contribution is -2.50. The quantitative estimate of drug-likeness (QED) is 0.533. The van der Waals surface area contributed by atoms with E-state index < -0.39 is 6.04 Å². The second-order valence-electron chi connectivity index (χ2n) is 7.94. The first-order valence-corrected chi connectivity index (χ1v) is 11.3. The Kier molecular flexibility index (Phi) is 10.1. The highest BCUT2D eigenvalue weighted by Gasteiger charge is 2.29. The van der Waals surface area contributed by atoms with E-state index in [1.54, 1.807) is 19.1 Å². The molecule has 2 amide bonds. The highest BCUT2D eigenvalue weighted by Crippen LogP contribution is 2.28. The van der Waals surface area contributed by atoms with Crippen molar-refractivity contribution in [2.75, 3.05) is 14.2 Å². The molecule has 0 saturated carbocycles. The largest absolute Gasteiger partial charge is 0.493 e. The third-order valence-electron chi connectivity index (χ3n) is 5.66. The van der Waals surface area contributed by atoms with E-state index in [2.05, 4.69) is 5.32 Å². The minimum Gasteiger partial charge on any atom is -0.493 e. The smallest absolute Gasteiger partial charge is 0.243 e. The summed E-state index contributed by atoms with van der Waals surface area (Å²) in [6.45, 7) is 6.35. The van der Waals surface area contributed by atoms with E-state index in [0.29, 0.717) is 37.3 Å². The van der Waals surface area contributed by atoms with Crippen LogP contribution in [0.5, 0.6) is 11.5 Å². The van der Waals surface area contributed by atoms with Gasteiger partial charge in [0.15, 0.2) is 11.5 Å². The predicted molar refractivity (Wildman–Crippen MR) is 127 cm³/mol. The number of nitrogens with one attached hydrogen (secondary N) is 1. The van der Waals surface area contributed by atoms with Crippen molar-refractivity contribution in [3.05, 3.63) is 59.7 Å². The normalized spacial score (nSPS) is 12.5. The fourth-order valence-electron chi connectivity index (χ4n) is 3.57. The summed E-state index contributed by atoms with van der Waals surface area (Å²) in [7, 11) is 3.19. The summed E-state index contributed by atoms with van der Waals surface area (Å²) in [5.74, 6) is 1.14.